The number of phenols is 2. The third kappa shape index (κ3) is 4.40. The Labute approximate surface area is 156 Å². The van der Waals surface area contributed by atoms with E-state index in [2.05, 4.69) is 0 Å². The highest BCUT2D eigenvalue weighted by atomic mass is 19.4. The minimum atomic E-state index is -4.86. The Hall–Kier alpha value is -2.71. The fourth-order valence-corrected chi connectivity index (χ4v) is 3.02. The first-order chi connectivity index (χ1) is 12.7. The molecule has 0 spiro atoms. The zero-order valence-corrected chi connectivity index (χ0v) is 14.7. The van der Waals surface area contributed by atoms with Crippen molar-refractivity contribution >= 4 is 5.78 Å². The first-order valence-corrected chi connectivity index (χ1v) is 8.07. The summed E-state index contributed by atoms with van der Waals surface area (Å²) < 4.78 is 79.5. The molecule has 0 aromatic heterocycles. The van der Waals surface area contributed by atoms with E-state index in [1.54, 1.807) is 0 Å². The molecule has 0 aliphatic heterocycles. The van der Waals surface area contributed by atoms with E-state index in [1.165, 1.54) is 0 Å². The topological polar surface area (TPSA) is 57.5 Å². The molecule has 0 amide bonds. The summed E-state index contributed by atoms with van der Waals surface area (Å²) in [4.78, 5) is 12.7. The first-order valence-electron chi connectivity index (χ1n) is 8.07. The Morgan fingerprint density at radius 2 is 1.07 bits per heavy atom. The van der Waals surface area contributed by atoms with Crippen LogP contribution in [0.5, 0.6) is 11.5 Å². The standard InChI is InChI=1S/C19H16F6O3/c1-9(13-5-3-11(26)7-15(13)18(20,21)22)17(28)10(2)14-6-4-12(27)8-16(14)19(23,24)25/h3-10,26-27H,1-2H3. The third-order valence-electron chi connectivity index (χ3n) is 4.47. The summed E-state index contributed by atoms with van der Waals surface area (Å²) >= 11 is 0. The fourth-order valence-electron chi connectivity index (χ4n) is 3.02. The van der Waals surface area contributed by atoms with Gasteiger partial charge in [0.25, 0.3) is 0 Å². The van der Waals surface area contributed by atoms with Gasteiger partial charge in [0.1, 0.15) is 17.3 Å². The van der Waals surface area contributed by atoms with Gasteiger partial charge >= 0.3 is 12.4 Å². The van der Waals surface area contributed by atoms with Gasteiger partial charge in [-0.1, -0.05) is 26.0 Å². The molecule has 0 saturated heterocycles. The number of rotatable bonds is 4. The number of carbonyl (C=O) groups is 1. The molecule has 2 aromatic carbocycles. The summed E-state index contributed by atoms with van der Waals surface area (Å²) in [5.41, 5.74) is -3.37. The van der Waals surface area contributed by atoms with Gasteiger partial charge < -0.3 is 10.2 Å². The van der Waals surface area contributed by atoms with Gasteiger partial charge in [-0.15, -0.1) is 0 Å². The second kappa shape index (κ2) is 7.37. The minimum Gasteiger partial charge on any atom is -0.508 e. The lowest BCUT2D eigenvalue weighted by molar-refractivity contribution is -0.139. The van der Waals surface area contributed by atoms with Gasteiger partial charge in [0.15, 0.2) is 0 Å². The number of carbonyl (C=O) groups excluding carboxylic acids is 1. The fraction of sp³-hybridized carbons (Fsp3) is 0.316. The highest BCUT2D eigenvalue weighted by Crippen LogP contribution is 2.41. The Morgan fingerprint density at radius 3 is 1.36 bits per heavy atom. The summed E-state index contributed by atoms with van der Waals surface area (Å²) in [5, 5.41) is 18.7. The van der Waals surface area contributed by atoms with E-state index in [9.17, 15) is 41.4 Å². The summed E-state index contributed by atoms with van der Waals surface area (Å²) in [7, 11) is 0. The SMILES string of the molecule is CC(C(=O)C(C)c1ccc(O)cc1C(F)(F)F)c1ccc(O)cc1C(F)(F)F. The second-order valence-electron chi connectivity index (χ2n) is 6.38. The quantitative estimate of drug-likeness (QED) is 0.649. The molecule has 0 radical (unpaired) electrons. The highest BCUT2D eigenvalue weighted by Gasteiger charge is 2.39. The molecule has 0 heterocycles. The number of benzene rings is 2. The molecule has 0 fully saturated rings. The predicted octanol–water partition coefficient (Wildman–Crippen LogP) is 5.61. The maximum atomic E-state index is 13.2. The van der Waals surface area contributed by atoms with Crippen molar-refractivity contribution < 1.29 is 41.4 Å². The van der Waals surface area contributed by atoms with E-state index in [0.29, 0.717) is 12.1 Å². The number of halogens is 6. The van der Waals surface area contributed by atoms with Crippen LogP contribution in [0.1, 0.15) is 47.9 Å². The number of aromatic hydroxyl groups is 2. The van der Waals surface area contributed by atoms with Crippen LogP contribution in [0, 0.1) is 0 Å². The maximum absolute atomic E-state index is 13.2. The van der Waals surface area contributed by atoms with E-state index < -0.39 is 63.7 Å². The lowest BCUT2D eigenvalue weighted by Crippen LogP contribution is -2.22. The molecule has 2 N–H and O–H groups in total. The van der Waals surface area contributed by atoms with Crippen LogP contribution < -0.4 is 0 Å². The van der Waals surface area contributed by atoms with Crippen LogP contribution in [0.2, 0.25) is 0 Å². The molecule has 2 aromatic rings. The molecule has 3 nitrogen and oxygen atoms in total. The van der Waals surface area contributed by atoms with Crippen LogP contribution in [0.4, 0.5) is 26.3 Å². The zero-order chi connectivity index (χ0) is 21.4. The highest BCUT2D eigenvalue weighted by molar-refractivity contribution is 5.91. The van der Waals surface area contributed by atoms with Crippen molar-refractivity contribution in [1.29, 1.82) is 0 Å². The van der Waals surface area contributed by atoms with E-state index in [0.717, 1.165) is 38.1 Å². The van der Waals surface area contributed by atoms with Gasteiger partial charge in [0.2, 0.25) is 0 Å². The summed E-state index contributed by atoms with van der Waals surface area (Å²) in [6, 6.07) is 4.72. The summed E-state index contributed by atoms with van der Waals surface area (Å²) in [6.07, 6.45) is -9.72. The van der Waals surface area contributed by atoms with Gasteiger partial charge in [-0.2, -0.15) is 26.3 Å². The number of ketones is 1. The van der Waals surface area contributed by atoms with Crippen molar-refractivity contribution in [2.75, 3.05) is 0 Å². The van der Waals surface area contributed by atoms with Crippen molar-refractivity contribution in [1.82, 2.24) is 0 Å². The molecule has 152 valence electrons. The second-order valence-corrected chi connectivity index (χ2v) is 6.38. The molecule has 0 aliphatic rings. The average molecular weight is 406 g/mol. The third-order valence-corrected chi connectivity index (χ3v) is 4.47. The van der Waals surface area contributed by atoms with Crippen LogP contribution in [0.3, 0.4) is 0 Å². The van der Waals surface area contributed by atoms with E-state index in [-0.39, 0.29) is 0 Å². The molecular formula is C19H16F6O3. The number of alkyl halides is 6. The Kier molecular flexibility index (Phi) is 5.68. The smallest absolute Gasteiger partial charge is 0.416 e. The van der Waals surface area contributed by atoms with Gasteiger partial charge in [0, 0.05) is 11.8 Å². The number of hydrogen-bond acceptors (Lipinski definition) is 3. The lowest BCUT2D eigenvalue weighted by Gasteiger charge is -2.23. The van der Waals surface area contributed by atoms with Crippen LogP contribution in [-0.2, 0) is 17.1 Å². The molecule has 28 heavy (non-hydrogen) atoms. The van der Waals surface area contributed by atoms with Gasteiger partial charge in [-0.3, -0.25) is 4.79 Å². The van der Waals surface area contributed by atoms with Gasteiger partial charge in [-0.05, 0) is 35.4 Å². The lowest BCUT2D eigenvalue weighted by atomic mass is 9.82. The molecule has 0 saturated carbocycles. The zero-order valence-electron chi connectivity index (χ0n) is 14.7. The number of hydrogen-bond donors (Lipinski definition) is 2. The van der Waals surface area contributed by atoms with Crippen LogP contribution in [0.15, 0.2) is 36.4 Å². The van der Waals surface area contributed by atoms with E-state index >= 15 is 0 Å². The van der Waals surface area contributed by atoms with E-state index in [4.69, 9.17) is 0 Å². The average Bonchev–Trinajstić information content (AvgIpc) is 2.58. The minimum absolute atomic E-state index is 0.450. The Balaban J connectivity index is 2.48. The van der Waals surface area contributed by atoms with Crippen molar-refractivity contribution in [2.24, 2.45) is 0 Å². The van der Waals surface area contributed by atoms with Crippen molar-refractivity contribution in [3.8, 4) is 11.5 Å². The van der Waals surface area contributed by atoms with E-state index in [1.807, 2.05) is 0 Å². The molecule has 2 unspecified atom stereocenters. The van der Waals surface area contributed by atoms with Crippen molar-refractivity contribution in [3.05, 3.63) is 58.7 Å². The Bertz CT molecular complexity index is 815. The molecule has 2 atom stereocenters. The Morgan fingerprint density at radius 1 is 0.750 bits per heavy atom. The van der Waals surface area contributed by atoms with Gasteiger partial charge in [0.05, 0.1) is 11.1 Å². The summed E-state index contributed by atoms with van der Waals surface area (Å²) in [5.74, 6) is -4.94. The summed E-state index contributed by atoms with van der Waals surface area (Å²) in [6.45, 7) is 2.32. The molecule has 0 aliphatic carbocycles. The normalized spacial score (nSPS) is 14.6. The van der Waals surface area contributed by atoms with Crippen molar-refractivity contribution in [2.45, 2.75) is 38.0 Å². The van der Waals surface area contributed by atoms with Crippen LogP contribution in [-0.4, -0.2) is 16.0 Å². The first kappa shape index (κ1) is 21.6. The largest absolute Gasteiger partial charge is 0.508 e. The molecule has 2 rings (SSSR count). The monoisotopic (exact) mass is 406 g/mol. The molecule has 0 bridgehead atoms. The molecular weight excluding hydrogens is 390 g/mol. The van der Waals surface area contributed by atoms with Crippen molar-refractivity contribution in [3.63, 3.8) is 0 Å². The number of phenolic OH excluding ortho intramolecular Hbond substituents is 2. The maximum Gasteiger partial charge on any atom is 0.416 e. The number of Topliss-reactive ketones (excluding diaryl/α,β-unsaturated/α-hetero) is 1. The van der Waals surface area contributed by atoms with Crippen LogP contribution >= 0.6 is 0 Å². The molecule has 9 heteroatoms. The van der Waals surface area contributed by atoms with Gasteiger partial charge in [-0.25, -0.2) is 0 Å². The van der Waals surface area contributed by atoms with Crippen LogP contribution in [0.25, 0.3) is 0 Å². The predicted molar refractivity (Wildman–Crippen MR) is 88.1 cm³/mol.